The molecule has 3 rings (SSSR count). The maximum Gasteiger partial charge on any atom is 0.0209 e. The van der Waals surface area contributed by atoms with Gasteiger partial charge in [0.05, 0.1) is 0 Å². The quantitative estimate of drug-likeness (QED) is 0.662. The van der Waals surface area contributed by atoms with Crippen molar-refractivity contribution in [3.05, 3.63) is 12.2 Å². The number of allylic oxidation sites excluding steroid dienone is 1. The number of nitrogens with one attached hydrogen (secondary N) is 1. The zero-order valence-corrected chi connectivity index (χ0v) is 8.95. The van der Waals surface area contributed by atoms with Crippen molar-refractivity contribution < 1.29 is 0 Å². The molecule has 0 aromatic carbocycles. The first kappa shape index (κ1) is 8.93. The number of likely N-dealkylation sites (N-methyl/N-ethyl adjacent to an activating group) is 1. The molecule has 1 saturated heterocycles. The van der Waals surface area contributed by atoms with E-state index >= 15 is 0 Å². The number of rotatable bonds is 2. The average molecular weight is 192 g/mol. The lowest BCUT2D eigenvalue weighted by Gasteiger charge is -2.42. The van der Waals surface area contributed by atoms with Crippen LogP contribution in [0.15, 0.2) is 12.2 Å². The summed E-state index contributed by atoms with van der Waals surface area (Å²) in [6, 6.07) is 1.56. The van der Waals surface area contributed by atoms with E-state index in [1.807, 2.05) is 0 Å². The summed E-state index contributed by atoms with van der Waals surface area (Å²) in [6.07, 6.45) is 8.90. The van der Waals surface area contributed by atoms with Crippen LogP contribution >= 0.6 is 0 Å². The van der Waals surface area contributed by atoms with Gasteiger partial charge in [-0.2, -0.15) is 0 Å². The maximum atomic E-state index is 3.82. The number of nitrogens with zero attached hydrogens (tertiary/aromatic N) is 1. The summed E-state index contributed by atoms with van der Waals surface area (Å²) in [6.45, 7) is 2.52. The summed E-state index contributed by atoms with van der Waals surface area (Å²) in [4.78, 5) is 2.43. The Morgan fingerprint density at radius 3 is 3.07 bits per heavy atom. The van der Waals surface area contributed by atoms with Gasteiger partial charge in [-0.3, -0.25) is 0 Å². The van der Waals surface area contributed by atoms with Crippen LogP contribution in [-0.2, 0) is 0 Å². The Morgan fingerprint density at radius 2 is 2.36 bits per heavy atom. The fourth-order valence-corrected chi connectivity index (χ4v) is 3.28. The van der Waals surface area contributed by atoms with Crippen LogP contribution in [0.4, 0.5) is 0 Å². The highest BCUT2D eigenvalue weighted by Crippen LogP contribution is 2.42. The Kier molecular flexibility index (Phi) is 2.14. The number of likely N-dealkylation sites (tertiary alicyclic amines) is 1. The molecule has 78 valence electrons. The summed E-state index contributed by atoms with van der Waals surface area (Å²) < 4.78 is 0. The minimum absolute atomic E-state index is 0.764. The van der Waals surface area contributed by atoms with Gasteiger partial charge in [-0.25, -0.2) is 0 Å². The third kappa shape index (κ3) is 1.41. The van der Waals surface area contributed by atoms with Crippen molar-refractivity contribution in [3.63, 3.8) is 0 Å². The summed E-state index contributed by atoms with van der Waals surface area (Å²) in [5.41, 5.74) is 0. The minimum Gasteiger partial charge on any atom is -0.309 e. The van der Waals surface area contributed by atoms with E-state index in [9.17, 15) is 0 Å². The Balaban J connectivity index is 1.52. The van der Waals surface area contributed by atoms with Crippen molar-refractivity contribution in [2.75, 3.05) is 20.1 Å². The topological polar surface area (TPSA) is 15.3 Å². The predicted octanol–water partition coefficient (Wildman–Crippen LogP) is 1.24. The van der Waals surface area contributed by atoms with Crippen LogP contribution in [0.2, 0.25) is 0 Å². The van der Waals surface area contributed by atoms with E-state index in [4.69, 9.17) is 0 Å². The second-order valence-electron chi connectivity index (χ2n) is 5.26. The van der Waals surface area contributed by atoms with Crippen molar-refractivity contribution in [3.8, 4) is 0 Å². The van der Waals surface area contributed by atoms with Gasteiger partial charge in [-0.1, -0.05) is 12.2 Å². The first-order valence-corrected chi connectivity index (χ1v) is 5.94. The lowest BCUT2D eigenvalue weighted by molar-refractivity contribution is 0.150. The lowest BCUT2D eigenvalue weighted by atomic mass is 9.71. The molecule has 3 aliphatic rings. The van der Waals surface area contributed by atoms with Gasteiger partial charge in [-0.15, -0.1) is 0 Å². The molecule has 0 spiro atoms. The fraction of sp³-hybridized carbons (Fsp3) is 0.833. The maximum absolute atomic E-state index is 3.82. The molecule has 4 unspecified atom stereocenters. The summed E-state index contributed by atoms with van der Waals surface area (Å²) in [5.74, 6) is 1.87. The predicted molar refractivity (Wildman–Crippen MR) is 58.2 cm³/mol. The minimum atomic E-state index is 0.764. The van der Waals surface area contributed by atoms with Crippen LogP contribution in [0.5, 0.6) is 0 Å². The van der Waals surface area contributed by atoms with E-state index in [1.54, 1.807) is 0 Å². The van der Waals surface area contributed by atoms with Gasteiger partial charge in [0, 0.05) is 18.6 Å². The van der Waals surface area contributed by atoms with Crippen LogP contribution in [0.25, 0.3) is 0 Å². The summed E-state index contributed by atoms with van der Waals surface area (Å²) >= 11 is 0. The molecular formula is C12H20N2. The normalized spacial score (nSPS) is 46.6. The summed E-state index contributed by atoms with van der Waals surface area (Å²) in [5, 5.41) is 3.82. The van der Waals surface area contributed by atoms with Crippen molar-refractivity contribution >= 4 is 0 Å². The number of hydrogen-bond acceptors (Lipinski definition) is 2. The first-order valence-electron chi connectivity index (χ1n) is 5.94. The monoisotopic (exact) mass is 192 g/mol. The lowest BCUT2D eigenvalue weighted by Crippen LogP contribution is -2.52. The molecule has 0 aromatic rings. The third-order valence-corrected chi connectivity index (χ3v) is 4.20. The Bertz CT molecular complexity index is 249. The molecule has 4 atom stereocenters. The van der Waals surface area contributed by atoms with Gasteiger partial charge >= 0.3 is 0 Å². The molecule has 0 aromatic heterocycles. The second-order valence-corrected chi connectivity index (χ2v) is 5.26. The standard InChI is InChI=1S/C12H20N2/c1-14-6-5-10(8-14)13-12-7-9-3-2-4-11(9)12/h2,4,9-13H,3,5-8H2,1H3. The van der Waals surface area contributed by atoms with E-state index < -0.39 is 0 Å². The van der Waals surface area contributed by atoms with Crippen LogP contribution in [-0.4, -0.2) is 37.1 Å². The number of fused-ring (bicyclic) bond motifs is 1. The summed E-state index contributed by atoms with van der Waals surface area (Å²) in [7, 11) is 2.22. The molecule has 2 aliphatic carbocycles. The van der Waals surface area contributed by atoms with E-state index in [2.05, 4.69) is 29.4 Å². The molecule has 14 heavy (non-hydrogen) atoms. The van der Waals surface area contributed by atoms with Crippen molar-refractivity contribution in [1.29, 1.82) is 0 Å². The van der Waals surface area contributed by atoms with E-state index in [0.29, 0.717) is 0 Å². The first-order chi connectivity index (χ1) is 6.83. The zero-order valence-electron chi connectivity index (χ0n) is 8.95. The van der Waals surface area contributed by atoms with Gasteiger partial charge in [0.15, 0.2) is 0 Å². The third-order valence-electron chi connectivity index (χ3n) is 4.20. The molecule has 0 bridgehead atoms. The molecular weight excluding hydrogens is 172 g/mol. The van der Waals surface area contributed by atoms with E-state index in [1.165, 1.54) is 32.4 Å². The van der Waals surface area contributed by atoms with Gasteiger partial charge in [-0.05, 0) is 44.7 Å². The average Bonchev–Trinajstić information content (AvgIpc) is 2.68. The van der Waals surface area contributed by atoms with Gasteiger partial charge in [0.2, 0.25) is 0 Å². The van der Waals surface area contributed by atoms with E-state index in [-0.39, 0.29) is 0 Å². The Hall–Kier alpha value is -0.340. The van der Waals surface area contributed by atoms with Gasteiger partial charge < -0.3 is 10.2 Å². The van der Waals surface area contributed by atoms with Crippen LogP contribution in [0.3, 0.4) is 0 Å². The molecule has 1 heterocycles. The SMILES string of the molecule is CN1CCC(NC2CC3CC=CC32)C1. The zero-order chi connectivity index (χ0) is 9.54. The van der Waals surface area contributed by atoms with Crippen LogP contribution in [0.1, 0.15) is 19.3 Å². The molecule has 1 saturated carbocycles. The molecule has 2 heteroatoms. The van der Waals surface area contributed by atoms with Gasteiger partial charge in [0.1, 0.15) is 0 Å². The Morgan fingerprint density at radius 1 is 1.43 bits per heavy atom. The van der Waals surface area contributed by atoms with E-state index in [0.717, 1.165) is 23.9 Å². The van der Waals surface area contributed by atoms with Crippen molar-refractivity contribution in [2.45, 2.75) is 31.3 Å². The highest BCUT2D eigenvalue weighted by Gasteiger charge is 2.41. The number of hydrogen-bond donors (Lipinski definition) is 1. The fourth-order valence-electron chi connectivity index (χ4n) is 3.28. The van der Waals surface area contributed by atoms with Crippen LogP contribution < -0.4 is 5.32 Å². The Labute approximate surface area is 86.4 Å². The molecule has 2 fully saturated rings. The van der Waals surface area contributed by atoms with Crippen molar-refractivity contribution in [2.24, 2.45) is 11.8 Å². The highest BCUT2D eigenvalue weighted by atomic mass is 15.2. The molecule has 1 aliphatic heterocycles. The molecule has 2 nitrogen and oxygen atoms in total. The van der Waals surface area contributed by atoms with Crippen molar-refractivity contribution in [1.82, 2.24) is 10.2 Å². The largest absolute Gasteiger partial charge is 0.309 e. The highest BCUT2D eigenvalue weighted by molar-refractivity contribution is 5.13. The van der Waals surface area contributed by atoms with Gasteiger partial charge in [0.25, 0.3) is 0 Å². The second kappa shape index (κ2) is 3.35. The molecule has 0 amide bonds. The molecule has 1 N–H and O–H groups in total. The molecule has 0 radical (unpaired) electrons. The smallest absolute Gasteiger partial charge is 0.0209 e. The van der Waals surface area contributed by atoms with Crippen LogP contribution in [0, 0.1) is 11.8 Å².